The Bertz CT molecular complexity index is 1480. The first kappa shape index (κ1) is 18.9. The molecule has 2 heterocycles. The second kappa shape index (κ2) is 7.61. The van der Waals surface area contributed by atoms with Crippen molar-refractivity contribution in [3.05, 3.63) is 101 Å². The van der Waals surface area contributed by atoms with Gasteiger partial charge >= 0.3 is 5.63 Å². The lowest BCUT2D eigenvalue weighted by molar-refractivity contribution is 0.0923. The Morgan fingerprint density at radius 1 is 0.935 bits per heavy atom. The molecule has 5 rings (SSSR count). The maximum atomic E-state index is 13.3. The van der Waals surface area contributed by atoms with E-state index in [1.165, 1.54) is 6.07 Å². The Hall–Kier alpha value is -4.12. The summed E-state index contributed by atoms with van der Waals surface area (Å²) in [5.74, 6) is 0.349. The average Bonchev–Trinajstić information content (AvgIpc) is 3.10. The van der Waals surface area contributed by atoms with E-state index >= 15 is 0 Å². The van der Waals surface area contributed by atoms with Crippen molar-refractivity contribution in [3.63, 3.8) is 0 Å². The fraction of sp³-hybridized carbons (Fsp3) is 0.0769. The molecule has 0 amide bonds. The van der Waals surface area contributed by atoms with Crippen molar-refractivity contribution in [1.82, 2.24) is 4.57 Å². The second-order valence-corrected chi connectivity index (χ2v) is 7.33. The van der Waals surface area contributed by atoms with Crippen LogP contribution in [-0.4, -0.2) is 17.0 Å². The van der Waals surface area contributed by atoms with Crippen LogP contribution < -0.4 is 10.4 Å². The van der Waals surface area contributed by atoms with Crippen molar-refractivity contribution in [2.24, 2.45) is 7.05 Å². The zero-order chi connectivity index (χ0) is 21.4. The van der Waals surface area contributed by atoms with Crippen molar-refractivity contribution in [1.29, 1.82) is 0 Å². The number of para-hydroxylation sites is 1. The molecule has 0 aliphatic heterocycles. The van der Waals surface area contributed by atoms with Crippen molar-refractivity contribution in [2.75, 3.05) is 6.61 Å². The first-order valence-electron chi connectivity index (χ1n) is 9.94. The van der Waals surface area contributed by atoms with Crippen LogP contribution in [0.4, 0.5) is 0 Å². The van der Waals surface area contributed by atoms with E-state index in [0.717, 1.165) is 27.5 Å². The van der Waals surface area contributed by atoms with Gasteiger partial charge in [-0.3, -0.25) is 4.79 Å². The quantitative estimate of drug-likeness (QED) is 0.295. The summed E-state index contributed by atoms with van der Waals surface area (Å²) in [4.78, 5) is 24.8. The monoisotopic (exact) mass is 409 g/mol. The summed E-state index contributed by atoms with van der Waals surface area (Å²) in [5.41, 5.74) is 3.45. The predicted octanol–water partition coefficient (Wildman–Crippen LogP) is 5.21. The fourth-order valence-electron chi connectivity index (χ4n) is 3.96. The number of hydrogen-bond donors (Lipinski definition) is 0. The van der Waals surface area contributed by atoms with Gasteiger partial charge in [0, 0.05) is 35.5 Å². The lowest BCUT2D eigenvalue weighted by atomic mass is 10.0. The Morgan fingerprint density at radius 2 is 1.68 bits per heavy atom. The molecule has 0 aliphatic carbocycles. The SMILES string of the molecule is Cn1c(-c2ccccc2)c(C(=O)COc2ccc3ccc(=O)oc3c2)c2ccccc21. The first-order valence-corrected chi connectivity index (χ1v) is 9.94. The van der Waals surface area contributed by atoms with Crippen molar-refractivity contribution in [3.8, 4) is 17.0 Å². The largest absolute Gasteiger partial charge is 0.485 e. The topological polar surface area (TPSA) is 61.4 Å². The fourth-order valence-corrected chi connectivity index (χ4v) is 3.96. The highest BCUT2D eigenvalue weighted by Crippen LogP contribution is 2.33. The van der Waals surface area contributed by atoms with Crippen molar-refractivity contribution >= 4 is 27.7 Å². The summed E-state index contributed by atoms with van der Waals surface area (Å²) in [6.45, 7) is -0.129. The van der Waals surface area contributed by atoms with Crippen LogP contribution in [0.2, 0.25) is 0 Å². The van der Waals surface area contributed by atoms with Crippen molar-refractivity contribution < 1.29 is 13.9 Å². The summed E-state index contributed by atoms with van der Waals surface area (Å²) >= 11 is 0. The third kappa shape index (κ3) is 3.40. The molecule has 0 aliphatic rings. The van der Waals surface area contributed by atoms with Gasteiger partial charge in [0.25, 0.3) is 0 Å². The van der Waals surface area contributed by atoms with Crippen LogP contribution in [0.5, 0.6) is 5.75 Å². The molecule has 152 valence electrons. The summed E-state index contributed by atoms with van der Waals surface area (Å²) in [6, 6.07) is 26.0. The molecule has 0 N–H and O–H groups in total. The van der Waals surface area contributed by atoms with E-state index in [2.05, 4.69) is 0 Å². The number of aromatic nitrogens is 1. The van der Waals surface area contributed by atoms with E-state index in [0.29, 0.717) is 16.9 Å². The average molecular weight is 409 g/mol. The zero-order valence-electron chi connectivity index (χ0n) is 16.9. The predicted molar refractivity (Wildman–Crippen MR) is 121 cm³/mol. The lowest BCUT2D eigenvalue weighted by Gasteiger charge is -2.09. The Kier molecular flexibility index (Phi) is 4.64. The molecular weight excluding hydrogens is 390 g/mol. The Balaban J connectivity index is 1.52. The number of Topliss-reactive ketones (excluding diaryl/α,β-unsaturated/α-hetero) is 1. The molecule has 0 radical (unpaired) electrons. The van der Waals surface area contributed by atoms with Gasteiger partial charge in [-0.1, -0.05) is 48.5 Å². The van der Waals surface area contributed by atoms with E-state index < -0.39 is 5.63 Å². The summed E-state index contributed by atoms with van der Waals surface area (Å²) in [7, 11) is 1.97. The molecule has 0 fully saturated rings. The second-order valence-electron chi connectivity index (χ2n) is 7.33. The standard InChI is InChI=1S/C26H19NO4/c1-27-21-10-6-5-9-20(21)25(26(27)18-7-3-2-4-8-18)22(28)16-30-19-13-11-17-12-14-24(29)31-23(17)15-19/h2-15H,16H2,1H3. The van der Waals surface area contributed by atoms with Gasteiger partial charge in [0.05, 0.1) is 11.3 Å². The van der Waals surface area contributed by atoms with E-state index in [1.54, 1.807) is 24.3 Å². The first-order chi connectivity index (χ1) is 15.1. The molecule has 0 bridgehead atoms. The molecule has 0 atom stereocenters. The highest BCUT2D eigenvalue weighted by atomic mass is 16.5. The van der Waals surface area contributed by atoms with E-state index in [-0.39, 0.29) is 12.4 Å². The number of ether oxygens (including phenoxy) is 1. The molecule has 0 saturated heterocycles. The molecule has 0 unspecified atom stereocenters. The van der Waals surface area contributed by atoms with Crippen LogP contribution in [0.3, 0.4) is 0 Å². The lowest BCUT2D eigenvalue weighted by Crippen LogP contribution is -2.13. The normalized spacial score (nSPS) is 11.1. The van der Waals surface area contributed by atoms with Crippen LogP contribution in [0.25, 0.3) is 33.1 Å². The van der Waals surface area contributed by atoms with Crippen LogP contribution >= 0.6 is 0 Å². The number of carbonyl (C=O) groups excluding carboxylic acids is 1. The van der Waals surface area contributed by atoms with Gasteiger partial charge in [0.15, 0.2) is 6.61 Å². The molecular formula is C26H19NO4. The number of hydrogen-bond acceptors (Lipinski definition) is 4. The number of rotatable bonds is 5. The minimum Gasteiger partial charge on any atom is -0.485 e. The molecule has 5 nitrogen and oxygen atoms in total. The van der Waals surface area contributed by atoms with Gasteiger partial charge in [0.1, 0.15) is 11.3 Å². The minimum absolute atomic E-state index is 0.120. The molecule has 3 aromatic carbocycles. The van der Waals surface area contributed by atoms with E-state index in [9.17, 15) is 9.59 Å². The minimum atomic E-state index is -0.427. The van der Waals surface area contributed by atoms with Gasteiger partial charge in [-0.15, -0.1) is 0 Å². The summed E-state index contributed by atoms with van der Waals surface area (Å²) in [6.07, 6.45) is 0. The van der Waals surface area contributed by atoms with Crippen LogP contribution in [0.1, 0.15) is 10.4 Å². The van der Waals surface area contributed by atoms with Gasteiger partial charge in [0.2, 0.25) is 5.78 Å². The Morgan fingerprint density at radius 3 is 2.52 bits per heavy atom. The number of benzene rings is 3. The van der Waals surface area contributed by atoms with Crippen molar-refractivity contribution in [2.45, 2.75) is 0 Å². The highest BCUT2D eigenvalue weighted by molar-refractivity contribution is 6.14. The Labute approximate surface area is 178 Å². The maximum Gasteiger partial charge on any atom is 0.336 e. The van der Waals surface area contributed by atoms with Gasteiger partial charge < -0.3 is 13.7 Å². The van der Waals surface area contributed by atoms with Crippen LogP contribution in [0, 0.1) is 0 Å². The third-order valence-corrected chi connectivity index (χ3v) is 5.40. The molecule has 5 heteroatoms. The third-order valence-electron chi connectivity index (χ3n) is 5.40. The zero-order valence-corrected chi connectivity index (χ0v) is 16.9. The molecule has 0 saturated carbocycles. The summed E-state index contributed by atoms with van der Waals surface area (Å²) in [5, 5.41) is 1.68. The van der Waals surface area contributed by atoms with Gasteiger partial charge in [-0.05, 0) is 29.8 Å². The molecule has 31 heavy (non-hydrogen) atoms. The molecule has 0 spiro atoms. The van der Waals surface area contributed by atoms with Crippen LogP contribution in [-0.2, 0) is 7.05 Å². The molecule has 2 aromatic heterocycles. The van der Waals surface area contributed by atoms with E-state index in [1.807, 2.05) is 66.2 Å². The van der Waals surface area contributed by atoms with Gasteiger partial charge in [-0.25, -0.2) is 4.79 Å². The molecule has 5 aromatic rings. The summed E-state index contributed by atoms with van der Waals surface area (Å²) < 4.78 is 13.1. The number of fused-ring (bicyclic) bond motifs is 2. The van der Waals surface area contributed by atoms with Gasteiger partial charge in [-0.2, -0.15) is 0 Å². The number of nitrogens with zero attached hydrogens (tertiary/aromatic N) is 1. The number of carbonyl (C=O) groups is 1. The number of aryl methyl sites for hydroxylation is 1. The van der Waals surface area contributed by atoms with Crippen LogP contribution in [0.15, 0.2) is 94.1 Å². The number of ketones is 1. The van der Waals surface area contributed by atoms with E-state index in [4.69, 9.17) is 9.15 Å². The smallest absolute Gasteiger partial charge is 0.336 e. The highest BCUT2D eigenvalue weighted by Gasteiger charge is 2.22. The maximum absolute atomic E-state index is 13.3.